The van der Waals surface area contributed by atoms with Gasteiger partial charge in [0.2, 0.25) is 5.91 Å². The van der Waals surface area contributed by atoms with Crippen molar-refractivity contribution in [3.63, 3.8) is 0 Å². The van der Waals surface area contributed by atoms with Gasteiger partial charge < -0.3 is 10.2 Å². The molecule has 0 bridgehead atoms. The second-order valence-electron chi connectivity index (χ2n) is 5.29. The van der Waals surface area contributed by atoms with E-state index in [-0.39, 0.29) is 5.91 Å². The van der Waals surface area contributed by atoms with Crippen molar-refractivity contribution in [2.75, 3.05) is 31.9 Å². The average Bonchev–Trinajstić information content (AvgIpc) is 2.91. The van der Waals surface area contributed by atoms with Gasteiger partial charge in [-0.25, -0.2) is 0 Å². The molecule has 1 amide bonds. The fourth-order valence-corrected chi connectivity index (χ4v) is 4.15. The van der Waals surface area contributed by atoms with Crippen LogP contribution in [-0.4, -0.2) is 52.9 Å². The second-order valence-corrected chi connectivity index (χ2v) is 7.81. The van der Waals surface area contributed by atoms with E-state index in [2.05, 4.69) is 20.4 Å². The fraction of sp³-hybridized carbons (Fsp3) is 0.786. The average molecular weight is 329 g/mol. The Morgan fingerprint density at radius 3 is 2.86 bits per heavy atom. The minimum atomic E-state index is 0.178. The van der Waals surface area contributed by atoms with Crippen molar-refractivity contribution in [3.8, 4) is 0 Å². The molecule has 1 saturated heterocycles. The summed E-state index contributed by atoms with van der Waals surface area (Å²) in [4.78, 5) is 14.2. The lowest BCUT2D eigenvalue weighted by Gasteiger charge is -2.25. The lowest BCUT2D eigenvalue weighted by atomic mass is 10.1. The summed E-state index contributed by atoms with van der Waals surface area (Å²) in [5, 5.41) is 12.1. The molecule has 0 aromatic carbocycles. The number of rotatable bonds is 8. The molecule has 2 heterocycles. The number of carbonyl (C=O) groups excluding carboxylic acids is 1. The van der Waals surface area contributed by atoms with Crippen LogP contribution in [0.2, 0.25) is 0 Å². The fourth-order valence-electron chi connectivity index (χ4n) is 2.33. The van der Waals surface area contributed by atoms with E-state index in [4.69, 9.17) is 0 Å². The zero-order valence-corrected chi connectivity index (χ0v) is 14.3. The number of hydrogen-bond acceptors (Lipinski definition) is 6. The minimum Gasteiger partial charge on any atom is -0.356 e. The van der Waals surface area contributed by atoms with Gasteiger partial charge >= 0.3 is 0 Å². The molecule has 1 aliphatic heterocycles. The zero-order chi connectivity index (χ0) is 14.9. The number of carbonyl (C=O) groups is 1. The second kappa shape index (κ2) is 9.38. The van der Waals surface area contributed by atoms with Crippen molar-refractivity contribution in [1.82, 2.24) is 20.4 Å². The summed E-state index contributed by atoms with van der Waals surface area (Å²) in [6.45, 7) is 5.94. The molecule has 118 valence electrons. The largest absolute Gasteiger partial charge is 0.356 e. The number of nitrogens with zero attached hydrogens (tertiary/aromatic N) is 3. The van der Waals surface area contributed by atoms with Gasteiger partial charge in [0.1, 0.15) is 5.01 Å². The maximum absolute atomic E-state index is 11.8. The van der Waals surface area contributed by atoms with Crippen LogP contribution >= 0.6 is 23.1 Å². The molecule has 1 aromatic heterocycles. The SMILES string of the molecule is Cc1nnc(SCCCNC(=O)CCN2CCCCC2)s1. The predicted molar refractivity (Wildman–Crippen MR) is 87.9 cm³/mol. The summed E-state index contributed by atoms with van der Waals surface area (Å²) in [5.41, 5.74) is 0. The Balaban J connectivity index is 1.47. The first kappa shape index (κ1) is 16.7. The third-order valence-corrected chi connectivity index (χ3v) is 5.54. The molecule has 21 heavy (non-hydrogen) atoms. The number of thioether (sulfide) groups is 1. The molecule has 1 aliphatic rings. The van der Waals surface area contributed by atoms with Gasteiger partial charge in [0, 0.05) is 25.3 Å². The van der Waals surface area contributed by atoms with Gasteiger partial charge in [0.15, 0.2) is 4.34 Å². The van der Waals surface area contributed by atoms with Crippen LogP contribution in [0.4, 0.5) is 0 Å². The summed E-state index contributed by atoms with van der Waals surface area (Å²) in [6.07, 6.45) is 5.50. The van der Waals surface area contributed by atoms with Gasteiger partial charge in [0.25, 0.3) is 0 Å². The summed E-state index contributed by atoms with van der Waals surface area (Å²) in [5.74, 6) is 1.15. The summed E-state index contributed by atoms with van der Waals surface area (Å²) in [6, 6.07) is 0. The molecule has 0 aliphatic carbocycles. The van der Waals surface area contributed by atoms with Crippen LogP contribution in [0.1, 0.15) is 37.1 Å². The van der Waals surface area contributed by atoms with Crippen molar-refractivity contribution in [3.05, 3.63) is 5.01 Å². The topological polar surface area (TPSA) is 58.1 Å². The highest BCUT2D eigenvalue weighted by Crippen LogP contribution is 2.21. The number of likely N-dealkylation sites (tertiary alicyclic amines) is 1. The highest BCUT2D eigenvalue weighted by molar-refractivity contribution is 8.01. The van der Waals surface area contributed by atoms with Gasteiger partial charge in [-0.15, -0.1) is 10.2 Å². The standard InChI is InChI=1S/C14H24N4OS2/c1-12-16-17-14(21-12)20-11-5-7-15-13(19)6-10-18-8-3-2-4-9-18/h2-11H2,1H3,(H,15,19). The number of amides is 1. The first-order valence-electron chi connectivity index (χ1n) is 7.66. The minimum absolute atomic E-state index is 0.178. The molecule has 2 rings (SSSR count). The molecule has 0 radical (unpaired) electrons. The van der Waals surface area contributed by atoms with Crippen LogP contribution in [0.25, 0.3) is 0 Å². The number of aryl methyl sites for hydroxylation is 1. The summed E-state index contributed by atoms with van der Waals surface area (Å²) >= 11 is 3.34. The van der Waals surface area contributed by atoms with Crippen LogP contribution in [0.15, 0.2) is 4.34 Å². The van der Waals surface area contributed by atoms with E-state index < -0.39 is 0 Å². The highest BCUT2D eigenvalue weighted by Gasteiger charge is 2.11. The van der Waals surface area contributed by atoms with E-state index >= 15 is 0 Å². The number of nitrogens with one attached hydrogen (secondary N) is 1. The Kier molecular flexibility index (Phi) is 7.46. The van der Waals surface area contributed by atoms with Crippen molar-refractivity contribution in [2.24, 2.45) is 0 Å². The monoisotopic (exact) mass is 328 g/mol. The Labute approximate surface area is 134 Å². The van der Waals surface area contributed by atoms with Gasteiger partial charge in [-0.2, -0.15) is 0 Å². The van der Waals surface area contributed by atoms with E-state index in [0.717, 1.165) is 47.7 Å². The van der Waals surface area contributed by atoms with E-state index in [1.165, 1.54) is 19.3 Å². The predicted octanol–water partition coefficient (Wildman–Crippen LogP) is 2.32. The molecule has 0 spiro atoms. The van der Waals surface area contributed by atoms with Crippen molar-refractivity contribution >= 4 is 29.0 Å². The molecule has 0 unspecified atom stereocenters. The Morgan fingerprint density at radius 1 is 1.33 bits per heavy atom. The van der Waals surface area contributed by atoms with E-state index in [9.17, 15) is 4.79 Å². The molecule has 7 heteroatoms. The lowest BCUT2D eigenvalue weighted by molar-refractivity contribution is -0.121. The lowest BCUT2D eigenvalue weighted by Crippen LogP contribution is -2.34. The van der Waals surface area contributed by atoms with Crippen molar-refractivity contribution in [2.45, 2.75) is 43.4 Å². The van der Waals surface area contributed by atoms with Crippen LogP contribution in [0, 0.1) is 6.92 Å². The molecular weight excluding hydrogens is 304 g/mol. The zero-order valence-electron chi connectivity index (χ0n) is 12.6. The maximum atomic E-state index is 11.8. The quantitative estimate of drug-likeness (QED) is 0.586. The number of aromatic nitrogens is 2. The van der Waals surface area contributed by atoms with Crippen LogP contribution in [0.3, 0.4) is 0 Å². The number of piperidine rings is 1. The van der Waals surface area contributed by atoms with Crippen LogP contribution in [-0.2, 0) is 4.79 Å². The third-order valence-electron chi connectivity index (χ3n) is 3.48. The molecule has 0 saturated carbocycles. The van der Waals surface area contributed by atoms with E-state index in [1.807, 2.05) is 6.92 Å². The van der Waals surface area contributed by atoms with E-state index in [0.29, 0.717) is 6.42 Å². The van der Waals surface area contributed by atoms with Gasteiger partial charge in [-0.1, -0.05) is 29.5 Å². The van der Waals surface area contributed by atoms with Gasteiger partial charge in [0.05, 0.1) is 0 Å². The molecular formula is C14H24N4OS2. The first-order valence-corrected chi connectivity index (χ1v) is 9.46. The smallest absolute Gasteiger partial charge is 0.221 e. The molecule has 1 N–H and O–H groups in total. The molecule has 5 nitrogen and oxygen atoms in total. The maximum Gasteiger partial charge on any atom is 0.221 e. The Hall–Kier alpha value is -0.660. The molecule has 0 atom stereocenters. The van der Waals surface area contributed by atoms with Crippen molar-refractivity contribution < 1.29 is 4.79 Å². The normalized spacial score (nSPS) is 16.0. The molecule has 1 aromatic rings. The highest BCUT2D eigenvalue weighted by atomic mass is 32.2. The number of hydrogen-bond donors (Lipinski definition) is 1. The Bertz CT molecular complexity index is 432. The summed E-state index contributed by atoms with van der Waals surface area (Å²) < 4.78 is 1.02. The van der Waals surface area contributed by atoms with Crippen LogP contribution in [0.5, 0.6) is 0 Å². The Morgan fingerprint density at radius 2 is 2.14 bits per heavy atom. The van der Waals surface area contributed by atoms with Gasteiger partial charge in [-0.3, -0.25) is 4.79 Å². The summed E-state index contributed by atoms with van der Waals surface area (Å²) in [7, 11) is 0. The van der Waals surface area contributed by atoms with Crippen LogP contribution < -0.4 is 5.32 Å². The van der Waals surface area contributed by atoms with E-state index in [1.54, 1.807) is 23.1 Å². The molecule has 1 fully saturated rings. The third kappa shape index (κ3) is 6.76. The van der Waals surface area contributed by atoms with Crippen molar-refractivity contribution in [1.29, 1.82) is 0 Å². The van der Waals surface area contributed by atoms with Gasteiger partial charge in [-0.05, 0) is 39.3 Å². The first-order chi connectivity index (χ1) is 10.2.